The van der Waals surface area contributed by atoms with Crippen LogP contribution in [-0.2, 0) is 4.79 Å². The number of carbonyl (C=O) groups is 2. The van der Waals surface area contributed by atoms with E-state index in [1.54, 1.807) is 6.92 Å². The molecule has 0 radical (unpaired) electrons. The Morgan fingerprint density at radius 2 is 2.33 bits per heavy atom. The lowest BCUT2D eigenvalue weighted by Crippen LogP contribution is -2.40. The van der Waals surface area contributed by atoms with E-state index in [0.717, 1.165) is 0 Å². The van der Waals surface area contributed by atoms with E-state index in [1.165, 1.54) is 0 Å². The molecule has 1 fully saturated rings. The van der Waals surface area contributed by atoms with Crippen molar-refractivity contribution in [2.75, 3.05) is 0 Å². The Kier molecular flexibility index (Phi) is 2.18. The average molecular weight is 174 g/mol. The minimum absolute atomic E-state index is 0.307. The third kappa shape index (κ3) is 1.48. The van der Waals surface area contributed by atoms with Gasteiger partial charge in [-0.25, -0.2) is 9.86 Å². The smallest absolute Gasteiger partial charge is 0.405 e. The Balaban J connectivity index is 2.59. The Labute approximate surface area is 68.7 Å². The minimum Gasteiger partial charge on any atom is -0.465 e. The molecule has 2 unspecified atom stereocenters. The molecule has 0 aromatic rings. The zero-order valence-electron chi connectivity index (χ0n) is 6.52. The van der Waals surface area contributed by atoms with Crippen molar-refractivity contribution in [3.05, 3.63) is 0 Å². The van der Waals surface area contributed by atoms with Gasteiger partial charge in [0.2, 0.25) is 0 Å². The van der Waals surface area contributed by atoms with E-state index in [9.17, 15) is 9.59 Å². The molecular formula is C6H10N2O4. The third-order valence-corrected chi connectivity index (χ3v) is 1.82. The van der Waals surface area contributed by atoms with Crippen LogP contribution in [0.1, 0.15) is 13.3 Å². The minimum atomic E-state index is -1.25. The van der Waals surface area contributed by atoms with E-state index in [-0.39, 0.29) is 6.04 Å². The second-order valence-corrected chi connectivity index (χ2v) is 2.77. The summed E-state index contributed by atoms with van der Waals surface area (Å²) in [6, 6.07) is -1.13. The molecule has 68 valence electrons. The molecule has 6 nitrogen and oxygen atoms in total. The summed E-state index contributed by atoms with van der Waals surface area (Å²) in [6.45, 7) is 1.64. The fourth-order valence-corrected chi connectivity index (χ4v) is 1.19. The third-order valence-electron chi connectivity index (χ3n) is 1.82. The van der Waals surface area contributed by atoms with Gasteiger partial charge in [0.05, 0.1) is 6.04 Å². The van der Waals surface area contributed by atoms with E-state index in [4.69, 9.17) is 10.3 Å². The summed E-state index contributed by atoms with van der Waals surface area (Å²) in [7, 11) is 0. The monoisotopic (exact) mass is 174 g/mol. The number of hydroxylamine groups is 2. The Morgan fingerprint density at radius 1 is 1.75 bits per heavy atom. The largest absolute Gasteiger partial charge is 0.465 e. The normalized spacial score (nSPS) is 29.2. The summed E-state index contributed by atoms with van der Waals surface area (Å²) in [5.74, 6) is -0.593. The second-order valence-electron chi connectivity index (χ2n) is 2.77. The van der Waals surface area contributed by atoms with Crippen LogP contribution in [0.2, 0.25) is 0 Å². The molecule has 1 saturated heterocycles. The highest BCUT2D eigenvalue weighted by molar-refractivity contribution is 5.86. The first kappa shape index (κ1) is 8.79. The van der Waals surface area contributed by atoms with Gasteiger partial charge in [-0.05, 0) is 13.3 Å². The maximum Gasteiger partial charge on any atom is 0.405 e. The second kappa shape index (κ2) is 2.98. The molecule has 0 aromatic heterocycles. The molecule has 0 aliphatic carbocycles. The van der Waals surface area contributed by atoms with E-state index in [1.807, 2.05) is 5.32 Å². The highest BCUT2D eigenvalue weighted by atomic mass is 16.5. The Morgan fingerprint density at radius 3 is 2.67 bits per heavy atom. The predicted octanol–water partition coefficient (Wildman–Crippen LogP) is -0.367. The van der Waals surface area contributed by atoms with Crippen LogP contribution in [0.25, 0.3) is 0 Å². The van der Waals surface area contributed by atoms with Crippen molar-refractivity contribution in [1.82, 2.24) is 10.4 Å². The first-order valence-corrected chi connectivity index (χ1v) is 3.53. The number of rotatable bonds is 1. The van der Waals surface area contributed by atoms with Crippen molar-refractivity contribution in [1.29, 1.82) is 0 Å². The van der Waals surface area contributed by atoms with Gasteiger partial charge in [-0.2, -0.15) is 0 Å². The van der Waals surface area contributed by atoms with Crippen LogP contribution in [-0.4, -0.2) is 39.5 Å². The fourth-order valence-electron chi connectivity index (χ4n) is 1.19. The molecule has 2 amide bonds. The molecule has 1 aliphatic heterocycles. The zero-order valence-corrected chi connectivity index (χ0v) is 6.52. The summed E-state index contributed by atoms with van der Waals surface area (Å²) < 4.78 is 0. The van der Waals surface area contributed by atoms with Gasteiger partial charge >= 0.3 is 6.09 Å². The van der Waals surface area contributed by atoms with E-state index in [2.05, 4.69) is 0 Å². The molecule has 2 atom stereocenters. The number of hydrogen-bond donors (Lipinski definition) is 3. The van der Waals surface area contributed by atoms with E-state index in [0.29, 0.717) is 11.5 Å². The highest BCUT2D eigenvalue weighted by Gasteiger charge is 2.37. The molecule has 12 heavy (non-hydrogen) atoms. The van der Waals surface area contributed by atoms with Gasteiger partial charge in [0, 0.05) is 0 Å². The van der Waals surface area contributed by atoms with Crippen molar-refractivity contribution < 1.29 is 19.9 Å². The number of nitrogens with zero attached hydrogens (tertiary/aromatic N) is 1. The summed E-state index contributed by atoms with van der Waals surface area (Å²) in [4.78, 5) is 21.2. The van der Waals surface area contributed by atoms with E-state index >= 15 is 0 Å². The molecule has 1 aliphatic rings. The molecule has 3 N–H and O–H groups in total. The molecule has 0 aromatic carbocycles. The molecule has 1 heterocycles. The van der Waals surface area contributed by atoms with Crippen LogP contribution in [0, 0.1) is 0 Å². The maximum atomic E-state index is 11.0. The van der Waals surface area contributed by atoms with Crippen molar-refractivity contribution >= 4 is 12.0 Å². The van der Waals surface area contributed by atoms with Crippen LogP contribution in [0.3, 0.4) is 0 Å². The predicted molar refractivity (Wildman–Crippen MR) is 37.7 cm³/mol. The topological polar surface area (TPSA) is 89.9 Å². The Bertz CT molecular complexity index is 218. The van der Waals surface area contributed by atoms with Gasteiger partial charge < -0.3 is 10.4 Å². The summed E-state index contributed by atoms with van der Waals surface area (Å²) in [6.07, 6.45) is -0.947. The summed E-state index contributed by atoms with van der Waals surface area (Å²) >= 11 is 0. The van der Waals surface area contributed by atoms with Crippen LogP contribution < -0.4 is 5.32 Å². The first-order chi connectivity index (χ1) is 5.52. The highest BCUT2D eigenvalue weighted by Crippen LogP contribution is 2.15. The molecule has 0 saturated carbocycles. The van der Waals surface area contributed by atoms with Crippen LogP contribution >= 0.6 is 0 Å². The van der Waals surface area contributed by atoms with Crippen LogP contribution in [0.15, 0.2) is 0 Å². The van der Waals surface area contributed by atoms with Gasteiger partial charge in [0.25, 0.3) is 5.91 Å². The van der Waals surface area contributed by atoms with E-state index < -0.39 is 18.0 Å². The SMILES string of the molecule is CC1CC(NC(=O)O)C(=O)N1O. The van der Waals surface area contributed by atoms with Gasteiger partial charge in [0.1, 0.15) is 6.04 Å². The standard InChI is InChI=1S/C6H10N2O4/c1-3-2-4(7-6(10)11)5(9)8(3)12/h3-4,7,12H,2H2,1H3,(H,10,11). The fraction of sp³-hybridized carbons (Fsp3) is 0.667. The van der Waals surface area contributed by atoms with Gasteiger partial charge in [-0.1, -0.05) is 0 Å². The Hall–Kier alpha value is -1.30. The number of amides is 2. The summed E-state index contributed by atoms with van der Waals surface area (Å²) in [5.41, 5.74) is 0. The van der Waals surface area contributed by atoms with Gasteiger partial charge in [-0.3, -0.25) is 10.0 Å². The maximum absolute atomic E-state index is 11.0. The van der Waals surface area contributed by atoms with Crippen LogP contribution in [0.4, 0.5) is 4.79 Å². The van der Waals surface area contributed by atoms with Gasteiger partial charge in [-0.15, -0.1) is 0 Å². The molecule has 1 rings (SSSR count). The molecular weight excluding hydrogens is 164 g/mol. The molecule has 0 spiro atoms. The molecule has 6 heteroatoms. The van der Waals surface area contributed by atoms with Gasteiger partial charge in [0.15, 0.2) is 0 Å². The zero-order chi connectivity index (χ0) is 9.30. The van der Waals surface area contributed by atoms with Crippen molar-refractivity contribution in [3.63, 3.8) is 0 Å². The van der Waals surface area contributed by atoms with Crippen molar-refractivity contribution in [3.8, 4) is 0 Å². The lowest BCUT2D eigenvalue weighted by atomic mass is 10.2. The summed E-state index contributed by atoms with van der Waals surface area (Å²) in [5, 5.41) is 19.9. The lowest BCUT2D eigenvalue weighted by Gasteiger charge is -2.10. The van der Waals surface area contributed by atoms with Crippen molar-refractivity contribution in [2.24, 2.45) is 0 Å². The number of nitrogens with one attached hydrogen (secondary N) is 1. The average Bonchev–Trinajstić information content (AvgIpc) is 2.17. The van der Waals surface area contributed by atoms with Crippen molar-refractivity contribution in [2.45, 2.75) is 25.4 Å². The number of hydrogen-bond acceptors (Lipinski definition) is 3. The van der Waals surface area contributed by atoms with Crippen LogP contribution in [0.5, 0.6) is 0 Å². The first-order valence-electron chi connectivity index (χ1n) is 3.53. The number of carboxylic acid groups (broad SMARTS) is 1. The molecule has 0 bridgehead atoms. The lowest BCUT2D eigenvalue weighted by molar-refractivity contribution is -0.164. The quantitative estimate of drug-likeness (QED) is 0.473. The number of carbonyl (C=O) groups excluding carboxylic acids is 1.